The van der Waals surface area contributed by atoms with Gasteiger partial charge in [0.25, 0.3) is 0 Å². The number of hydrogen-bond acceptors (Lipinski definition) is 2. The van der Waals surface area contributed by atoms with Gasteiger partial charge >= 0.3 is 0 Å². The van der Waals surface area contributed by atoms with Crippen molar-refractivity contribution in [2.45, 2.75) is 24.0 Å². The zero-order valence-electron chi connectivity index (χ0n) is 11.5. The maximum atomic E-state index is 5.23. The average molecular weight is 275 g/mol. The normalized spacial score (nSPS) is 12.6. The molecule has 0 spiro atoms. The average Bonchev–Trinajstić information content (AvgIpc) is 2.43. The first-order chi connectivity index (χ1) is 9.26. The van der Waals surface area contributed by atoms with Crippen LogP contribution in [-0.2, 0) is 0 Å². The molecule has 1 rings (SSSR count). The van der Waals surface area contributed by atoms with Gasteiger partial charge in [-0.05, 0) is 19.1 Å². The van der Waals surface area contributed by atoms with Gasteiger partial charge in [0.1, 0.15) is 0 Å². The summed E-state index contributed by atoms with van der Waals surface area (Å²) in [5, 5.41) is 6.67. The number of thioether (sulfide) groups is 1. The molecule has 4 heteroatoms. The summed E-state index contributed by atoms with van der Waals surface area (Å²) in [5.41, 5.74) is 0. The molecule has 3 nitrogen and oxygen atoms in total. The van der Waals surface area contributed by atoms with E-state index in [0.717, 1.165) is 19.0 Å². The van der Waals surface area contributed by atoms with Crippen LogP contribution >= 0.6 is 11.8 Å². The van der Waals surface area contributed by atoms with Crippen molar-refractivity contribution < 1.29 is 0 Å². The highest BCUT2D eigenvalue weighted by Gasteiger charge is 2.04. The molecule has 0 fully saturated rings. The van der Waals surface area contributed by atoms with Crippen LogP contribution in [0, 0.1) is 12.3 Å². The minimum atomic E-state index is 0.420. The maximum absolute atomic E-state index is 5.23. The molecule has 1 unspecified atom stereocenters. The number of nitrogens with zero attached hydrogens (tertiary/aromatic N) is 1. The van der Waals surface area contributed by atoms with Crippen LogP contribution in [0.1, 0.15) is 13.8 Å². The van der Waals surface area contributed by atoms with Gasteiger partial charge in [0.05, 0.1) is 13.1 Å². The van der Waals surface area contributed by atoms with Gasteiger partial charge in [-0.3, -0.25) is 4.99 Å². The third-order valence-electron chi connectivity index (χ3n) is 2.29. The maximum Gasteiger partial charge on any atom is 0.192 e. The van der Waals surface area contributed by atoms with Crippen LogP contribution < -0.4 is 10.6 Å². The predicted molar refractivity (Wildman–Crippen MR) is 84.6 cm³/mol. The van der Waals surface area contributed by atoms with Gasteiger partial charge < -0.3 is 10.6 Å². The van der Waals surface area contributed by atoms with Gasteiger partial charge in [0.15, 0.2) is 5.96 Å². The molecule has 0 aromatic heterocycles. The molecule has 1 atom stereocenters. The first-order valence-electron chi connectivity index (χ1n) is 6.43. The Morgan fingerprint density at radius 3 is 2.74 bits per heavy atom. The Hall–Kier alpha value is -1.60. The topological polar surface area (TPSA) is 36.4 Å². The summed E-state index contributed by atoms with van der Waals surface area (Å²) < 4.78 is 0. The van der Waals surface area contributed by atoms with Crippen molar-refractivity contribution in [1.29, 1.82) is 0 Å². The van der Waals surface area contributed by atoms with Crippen LogP contribution in [0.15, 0.2) is 40.2 Å². The second kappa shape index (κ2) is 9.35. The molecule has 19 heavy (non-hydrogen) atoms. The van der Waals surface area contributed by atoms with Crippen molar-refractivity contribution in [2.24, 2.45) is 4.99 Å². The van der Waals surface area contributed by atoms with Crippen molar-refractivity contribution in [2.75, 3.05) is 19.6 Å². The van der Waals surface area contributed by atoms with E-state index < -0.39 is 0 Å². The highest BCUT2D eigenvalue weighted by Crippen LogP contribution is 2.22. The van der Waals surface area contributed by atoms with Crippen molar-refractivity contribution in [3.8, 4) is 12.3 Å². The zero-order chi connectivity index (χ0) is 13.9. The quantitative estimate of drug-likeness (QED) is 0.362. The SMILES string of the molecule is C#CCNC(=NCC(C)Sc1ccccc1)NCC. The first-order valence-corrected chi connectivity index (χ1v) is 7.31. The van der Waals surface area contributed by atoms with Gasteiger partial charge in [-0.1, -0.05) is 31.0 Å². The largest absolute Gasteiger partial charge is 0.357 e. The number of nitrogens with one attached hydrogen (secondary N) is 2. The van der Waals surface area contributed by atoms with E-state index in [-0.39, 0.29) is 0 Å². The zero-order valence-corrected chi connectivity index (χ0v) is 12.3. The molecule has 0 saturated heterocycles. The molecule has 0 bridgehead atoms. The molecule has 0 aliphatic rings. The van der Waals surface area contributed by atoms with Crippen LogP contribution in [0.4, 0.5) is 0 Å². The smallest absolute Gasteiger partial charge is 0.192 e. The Bertz CT molecular complexity index is 423. The van der Waals surface area contributed by atoms with Crippen LogP contribution in [0.25, 0.3) is 0 Å². The summed E-state index contributed by atoms with van der Waals surface area (Å²) in [7, 11) is 0. The van der Waals surface area contributed by atoms with E-state index >= 15 is 0 Å². The molecule has 0 aliphatic carbocycles. The molecule has 1 aromatic carbocycles. The van der Waals surface area contributed by atoms with Gasteiger partial charge in [-0.25, -0.2) is 0 Å². The van der Waals surface area contributed by atoms with Crippen LogP contribution in [0.3, 0.4) is 0 Å². The highest BCUT2D eigenvalue weighted by molar-refractivity contribution is 8.00. The molecule has 2 N–H and O–H groups in total. The van der Waals surface area contributed by atoms with Gasteiger partial charge in [0.2, 0.25) is 0 Å². The predicted octanol–water partition coefficient (Wildman–Crippen LogP) is 2.36. The second-order valence-corrected chi connectivity index (χ2v) is 5.53. The number of aliphatic imine (C=N–C) groups is 1. The monoisotopic (exact) mass is 275 g/mol. The molecular weight excluding hydrogens is 254 g/mol. The number of guanidine groups is 1. The summed E-state index contributed by atoms with van der Waals surface area (Å²) in [6.07, 6.45) is 5.23. The van der Waals surface area contributed by atoms with Gasteiger partial charge in [-0.2, -0.15) is 0 Å². The fourth-order valence-corrected chi connectivity index (χ4v) is 2.39. The molecule has 1 aromatic rings. The third-order valence-corrected chi connectivity index (χ3v) is 3.38. The van der Waals surface area contributed by atoms with Crippen LogP contribution in [0.5, 0.6) is 0 Å². The Morgan fingerprint density at radius 1 is 1.37 bits per heavy atom. The second-order valence-electron chi connectivity index (χ2n) is 4.02. The number of hydrogen-bond donors (Lipinski definition) is 2. The molecule has 0 radical (unpaired) electrons. The lowest BCUT2D eigenvalue weighted by Crippen LogP contribution is -2.37. The van der Waals surface area contributed by atoms with Crippen LogP contribution in [-0.4, -0.2) is 30.8 Å². The van der Waals surface area contributed by atoms with E-state index in [2.05, 4.69) is 52.7 Å². The van der Waals surface area contributed by atoms with Crippen molar-refractivity contribution in [3.05, 3.63) is 30.3 Å². The Kier molecular flexibility index (Phi) is 7.60. The van der Waals surface area contributed by atoms with E-state index in [0.29, 0.717) is 11.8 Å². The van der Waals surface area contributed by atoms with E-state index in [1.807, 2.05) is 24.8 Å². The fourth-order valence-electron chi connectivity index (χ4n) is 1.46. The third kappa shape index (κ3) is 6.78. The van der Waals surface area contributed by atoms with Gasteiger partial charge in [0, 0.05) is 16.7 Å². The summed E-state index contributed by atoms with van der Waals surface area (Å²) in [6, 6.07) is 10.4. The summed E-state index contributed by atoms with van der Waals surface area (Å²) in [6.45, 7) is 6.28. The molecular formula is C15H21N3S. The molecule has 0 saturated carbocycles. The number of terminal acetylenes is 1. The lowest BCUT2D eigenvalue weighted by molar-refractivity contribution is 0.852. The number of benzene rings is 1. The summed E-state index contributed by atoms with van der Waals surface area (Å²) in [4.78, 5) is 5.80. The van der Waals surface area contributed by atoms with Crippen molar-refractivity contribution in [3.63, 3.8) is 0 Å². The van der Waals surface area contributed by atoms with E-state index in [4.69, 9.17) is 6.42 Å². The lowest BCUT2D eigenvalue weighted by Gasteiger charge is -2.12. The summed E-state index contributed by atoms with van der Waals surface area (Å²) >= 11 is 1.82. The van der Waals surface area contributed by atoms with E-state index in [1.54, 1.807) is 0 Å². The number of rotatable bonds is 6. The minimum Gasteiger partial charge on any atom is -0.357 e. The fraction of sp³-hybridized carbons (Fsp3) is 0.400. The van der Waals surface area contributed by atoms with Crippen LogP contribution in [0.2, 0.25) is 0 Å². The summed E-state index contributed by atoms with van der Waals surface area (Å²) in [5.74, 6) is 3.33. The molecule has 0 heterocycles. The Labute approximate surface area is 120 Å². The van der Waals surface area contributed by atoms with Gasteiger partial charge in [-0.15, -0.1) is 18.2 Å². The van der Waals surface area contributed by atoms with Crippen molar-refractivity contribution in [1.82, 2.24) is 10.6 Å². The Balaban J connectivity index is 2.45. The highest BCUT2D eigenvalue weighted by atomic mass is 32.2. The molecule has 0 amide bonds. The van der Waals surface area contributed by atoms with E-state index in [9.17, 15) is 0 Å². The lowest BCUT2D eigenvalue weighted by atomic mass is 10.4. The standard InChI is InChI=1S/C15H21N3S/c1-4-11-17-15(16-5-2)18-12-13(3)19-14-9-7-6-8-10-14/h1,6-10,13H,5,11-12H2,2-3H3,(H2,16,17,18). The molecule has 102 valence electrons. The first kappa shape index (κ1) is 15.5. The van der Waals surface area contributed by atoms with E-state index in [1.165, 1.54) is 4.90 Å². The molecule has 0 aliphatic heterocycles. The Morgan fingerprint density at radius 2 is 2.11 bits per heavy atom. The van der Waals surface area contributed by atoms with Crippen molar-refractivity contribution >= 4 is 17.7 Å². The minimum absolute atomic E-state index is 0.420.